The van der Waals surface area contributed by atoms with E-state index in [2.05, 4.69) is 6.92 Å². The summed E-state index contributed by atoms with van der Waals surface area (Å²) in [5, 5.41) is 0. The van der Waals surface area contributed by atoms with Crippen LogP contribution in [0.25, 0.3) is 0 Å². The summed E-state index contributed by atoms with van der Waals surface area (Å²) in [6.07, 6.45) is 0.953. The fraction of sp³-hybridized carbons (Fsp3) is 0.350. The van der Waals surface area contributed by atoms with E-state index in [9.17, 15) is 4.79 Å². The molecular weight excluding hydrogens is 318 g/mol. The first-order chi connectivity index (χ1) is 12.1. The summed E-state index contributed by atoms with van der Waals surface area (Å²) >= 11 is 0. The molecule has 0 unspecified atom stereocenters. The summed E-state index contributed by atoms with van der Waals surface area (Å²) in [5.74, 6) is 2.05. The van der Waals surface area contributed by atoms with Crippen molar-refractivity contribution in [2.24, 2.45) is 0 Å². The molecule has 0 fully saturated rings. The van der Waals surface area contributed by atoms with Gasteiger partial charge < -0.3 is 19.1 Å². The zero-order chi connectivity index (χ0) is 18.2. The zero-order valence-electron chi connectivity index (χ0n) is 15.2. The minimum absolute atomic E-state index is 0.0446. The van der Waals surface area contributed by atoms with Crippen molar-refractivity contribution >= 4 is 5.91 Å². The lowest BCUT2D eigenvalue weighted by Gasteiger charge is -2.18. The lowest BCUT2D eigenvalue weighted by Crippen LogP contribution is -2.26. The van der Waals surface area contributed by atoms with Crippen LogP contribution in [0.4, 0.5) is 0 Å². The van der Waals surface area contributed by atoms with E-state index < -0.39 is 0 Å². The average Bonchev–Trinajstić information content (AvgIpc) is 2.66. The fourth-order valence-corrected chi connectivity index (χ4v) is 2.46. The number of methoxy groups -OCH3 is 2. The van der Waals surface area contributed by atoms with Gasteiger partial charge in [-0.25, -0.2) is 0 Å². The summed E-state index contributed by atoms with van der Waals surface area (Å²) < 4.78 is 16.1. The van der Waals surface area contributed by atoms with Gasteiger partial charge in [-0.2, -0.15) is 0 Å². The summed E-state index contributed by atoms with van der Waals surface area (Å²) in [7, 11) is 4.97. The topological polar surface area (TPSA) is 48.0 Å². The molecule has 134 valence electrons. The Morgan fingerprint density at radius 3 is 2.28 bits per heavy atom. The maximum Gasteiger partial charge on any atom is 0.253 e. The van der Waals surface area contributed by atoms with Crippen LogP contribution in [0.2, 0.25) is 0 Å². The Balaban J connectivity index is 2.04. The van der Waals surface area contributed by atoms with E-state index in [0.29, 0.717) is 30.2 Å². The number of ether oxygens (including phenoxy) is 3. The second-order valence-corrected chi connectivity index (χ2v) is 5.72. The maximum atomic E-state index is 12.6. The van der Waals surface area contributed by atoms with Crippen molar-refractivity contribution in [2.75, 3.05) is 27.9 Å². The number of carbonyl (C=O) groups excluding carboxylic acids is 1. The van der Waals surface area contributed by atoms with Gasteiger partial charge in [0.15, 0.2) is 11.5 Å². The van der Waals surface area contributed by atoms with Crippen molar-refractivity contribution in [3.8, 4) is 17.2 Å². The number of carbonyl (C=O) groups is 1. The van der Waals surface area contributed by atoms with E-state index >= 15 is 0 Å². The van der Waals surface area contributed by atoms with Crippen LogP contribution in [0.3, 0.4) is 0 Å². The van der Waals surface area contributed by atoms with Gasteiger partial charge in [0.2, 0.25) is 0 Å². The maximum absolute atomic E-state index is 12.6. The molecule has 5 nitrogen and oxygen atoms in total. The van der Waals surface area contributed by atoms with E-state index in [4.69, 9.17) is 14.2 Å². The number of hydrogen-bond donors (Lipinski definition) is 0. The lowest BCUT2D eigenvalue weighted by atomic mass is 10.1. The number of benzene rings is 2. The third-order valence-electron chi connectivity index (χ3n) is 3.79. The van der Waals surface area contributed by atoms with Crippen LogP contribution < -0.4 is 14.2 Å². The van der Waals surface area contributed by atoms with Crippen molar-refractivity contribution in [2.45, 2.75) is 19.9 Å². The van der Waals surface area contributed by atoms with E-state index in [-0.39, 0.29) is 5.91 Å². The van der Waals surface area contributed by atoms with E-state index in [1.165, 1.54) is 0 Å². The van der Waals surface area contributed by atoms with Crippen molar-refractivity contribution in [1.29, 1.82) is 0 Å². The normalized spacial score (nSPS) is 10.2. The highest BCUT2D eigenvalue weighted by molar-refractivity contribution is 5.94. The third kappa shape index (κ3) is 4.89. The van der Waals surface area contributed by atoms with Gasteiger partial charge in [-0.05, 0) is 48.4 Å². The van der Waals surface area contributed by atoms with Gasteiger partial charge in [-0.3, -0.25) is 4.79 Å². The number of hydrogen-bond acceptors (Lipinski definition) is 4. The SMILES string of the molecule is CCCOc1ccc(C(=O)N(C)Cc2ccc(OC)c(OC)c2)cc1. The number of rotatable bonds is 8. The standard InChI is InChI=1S/C20H25NO4/c1-5-12-25-17-9-7-16(8-10-17)20(22)21(2)14-15-6-11-18(23-3)19(13-15)24-4/h6-11,13H,5,12,14H2,1-4H3. The second-order valence-electron chi connectivity index (χ2n) is 5.72. The molecule has 0 aliphatic heterocycles. The van der Waals surface area contributed by atoms with Crippen LogP contribution in [0.1, 0.15) is 29.3 Å². The molecule has 0 saturated heterocycles. The Kier molecular flexibility index (Phi) is 6.69. The van der Waals surface area contributed by atoms with Gasteiger partial charge >= 0.3 is 0 Å². The second kappa shape index (κ2) is 8.97. The van der Waals surface area contributed by atoms with Crippen molar-refractivity contribution in [1.82, 2.24) is 4.90 Å². The molecule has 0 aliphatic carbocycles. The van der Waals surface area contributed by atoms with Crippen LogP contribution in [0.15, 0.2) is 42.5 Å². The minimum Gasteiger partial charge on any atom is -0.494 e. The van der Waals surface area contributed by atoms with Gasteiger partial charge in [0.1, 0.15) is 5.75 Å². The molecule has 0 saturated carbocycles. The monoisotopic (exact) mass is 343 g/mol. The van der Waals surface area contributed by atoms with E-state index in [1.54, 1.807) is 38.3 Å². The molecule has 25 heavy (non-hydrogen) atoms. The molecule has 0 atom stereocenters. The third-order valence-corrected chi connectivity index (χ3v) is 3.79. The Morgan fingerprint density at radius 1 is 1.00 bits per heavy atom. The molecule has 0 heterocycles. The molecule has 0 N–H and O–H groups in total. The van der Waals surface area contributed by atoms with Crippen LogP contribution in [-0.4, -0.2) is 38.7 Å². The van der Waals surface area contributed by atoms with Gasteiger partial charge in [0.05, 0.1) is 20.8 Å². The number of nitrogens with zero attached hydrogens (tertiary/aromatic N) is 1. The Bertz CT molecular complexity index is 697. The molecule has 0 radical (unpaired) electrons. The largest absolute Gasteiger partial charge is 0.494 e. The molecule has 0 spiro atoms. The molecular formula is C20H25NO4. The predicted molar refractivity (Wildman–Crippen MR) is 97.6 cm³/mol. The van der Waals surface area contributed by atoms with Crippen molar-refractivity contribution < 1.29 is 19.0 Å². The van der Waals surface area contributed by atoms with Crippen molar-refractivity contribution in [3.63, 3.8) is 0 Å². The summed E-state index contributed by atoms with van der Waals surface area (Å²) in [5.41, 5.74) is 1.60. The van der Waals surface area contributed by atoms with Crippen molar-refractivity contribution in [3.05, 3.63) is 53.6 Å². The van der Waals surface area contributed by atoms with E-state index in [0.717, 1.165) is 17.7 Å². The average molecular weight is 343 g/mol. The summed E-state index contributed by atoms with van der Waals surface area (Å²) in [6, 6.07) is 12.9. The predicted octanol–water partition coefficient (Wildman–Crippen LogP) is 3.76. The van der Waals surface area contributed by atoms with Crippen LogP contribution in [-0.2, 0) is 6.54 Å². The molecule has 0 aliphatic rings. The number of amides is 1. The highest BCUT2D eigenvalue weighted by atomic mass is 16.5. The molecule has 2 aromatic rings. The lowest BCUT2D eigenvalue weighted by molar-refractivity contribution is 0.0785. The highest BCUT2D eigenvalue weighted by Crippen LogP contribution is 2.28. The smallest absolute Gasteiger partial charge is 0.253 e. The van der Waals surface area contributed by atoms with Crippen LogP contribution >= 0.6 is 0 Å². The Morgan fingerprint density at radius 2 is 1.68 bits per heavy atom. The first-order valence-corrected chi connectivity index (χ1v) is 8.28. The summed E-state index contributed by atoms with van der Waals surface area (Å²) in [4.78, 5) is 14.3. The van der Waals surface area contributed by atoms with E-state index in [1.807, 2.05) is 30.3 Å². The zero-order valence-corrected chi connectivity index (χ0v) is 15.2. The Hall–Kier alpha value is -2.69. The van der Waals surface area contributed by atoms with Gasteiger partial charge in [-0.15, -0.1) is 0 Å². The first kappa shape index (κ1) is 18.6. The van der Waals surface area contributed by atoms with Gasteiger partial charge in [0.25, 0.3) is 5.91 Å². The molecule has 1 amide bonds. The molecule has 0 aromatic heterocycles. The summed E-state index contributed by atoms with van der Waals surface area (Å²) in [6.45, 7) is 3.21. The quantitative estimate of drug-likeness (QED) is 0.732. The fourth-order valence-electron chi connectivity index (χ4n) is 2.46. The van der Waals surface area contributed by atoms with Gasteiger partial charge in [-0.1, -0.05) is 13.0 Å². The van der Waals surface area contributed by atoms with Crippen LogP contribution in [0.5, 0.6) is 17.2 Å². The van der Waals surface area contributed by atoms with Gasteiger partial charge in [0, 0.05) is 19.2 Å². The molecule has 2 aromatic carbocycles. The molecule has 5 heteroatoms. The molecule has 0 bridgehead atoms. The molecule has 2 rings (SSSR count). The highest BCUT2D eigenvalue weighted by Gasteiger charge is 2.13. The van der Waals surface area contributed by atoms with Crippen LogP contribution in [0, 0.1) is 0 Å². The first-order valence-electron chi connectivity index (χ1n) is 8.28. The Labute approximate surface area is 149 Å². The minimum atomic E-state index is -0.0446.